The number of aromatic nitrogens is 2. The Kier molecular flexibility index (Phi) is 5.70. The SMILES string of the molecule is CCS(=O)(=O)N1CCC(C(=O)NN=Cc2c(C)nn(C)c2F)CC1. The van der Waals surface area contributed by atoms with Gasteiger partial charge in [-0.05, 0) is 26.7 Å². The zero-order chi connectivity index (χ0) is 17.9. The van der Waals surface area contributed by atoms with Crippen LogP contribution in [0.4, 0.5) is 4.39 Å². The van der Waals surface area contributed by atoms with Gasteiger partial charge in [0.1, 0.15) is 0 Å². The van der Waals surface area contributed by atoms with Crippen molar-refractivity contribution in [1.82, 2.24) is 19.5 Å². The summed E-state index contributed by atoms with van der Waals surface area (Å²) in [5, 5.41) is 7.70. The number of hydrogen-bond donors (Lipinski definition) is 1. The Morgan fingerprint density at radius 3 is 2.58 bits per heavy atom. The summed E-state index contributed by atoms with van der Waals surface area (Å²) >= 11 is 0. The number of hydrogen-bond acceptors (Lipinski definition) is 5. The first-order chi connectivity index (χ1) is 11.3. The molecule has 1 N–H and O–H groups in total. The van der Waals surface area contributed by atoms with Crippen LogP contribution >= 0.6 is 0 Å². The van der Waals surface area contributed by atoms with Crippen LogP contribution in [0.2, 0.25) is 0 Å². The summed E-state index contributed by atoms with van der Waals surface area (Å²) in [6.45, 7) is 3.90. The van der Waals surface area contributed by atoms with Crippen LogP contribution in [0, 0.1) is 18.8 Å². The molecule has 1 fully saturated rings. The van der Waals surface area contributed by atoms with E-state index in [9.17, 15) is 17.6 Å². The van der Waals surface area contributed by atoms with Crippen molar-refractivity contribution in [2.75, 3.05) is 18.8 Å². The fourth-order valence-electron chi connectivity index (χ4n) is 2.62. The van der Waals surface area contributed by atoms with Gasteiger partial charge in [-0.3, -0.25) is 4.79 Å². The monoisotopic (exact) mass is 359 g/mol. The normalized spacial score (nSPS) is 17.5. The molecule has 8 nitrogen and oxygen atoms in total. The van der Waals surface area contributed by atoms with Gasteiger partial charge in [0.25, 0.3) is 0 Å². The molecule has 0 atom stereocenters. The molecule has 0 aromatic carbocycles. The lowest BCUT2D eigenvalue weighted by molar-refractivity contribution is -0.126. The van der Waals surface area contributed by atoms with Crippen LogP contribution in [-0.2, 0) is 21.9 Å². The molecular formula is C14H22FN5O3S. The summed E-state index contributed by atoms with van der Waals surface area (Å²) in [5.41, 5.74) is 3.09. The van der Waals surface area contributed by atoms with Gasteiger partial charge in [-0.15, -0.1) is 0 Å². The van der Waals surface area contributed by atoms with Crippen molar-refractivity contribution >= 4 is 22.1 Å². The van der Waals surface area contributed by atoms with E-state index in [1.807, 2.05) is 0 Å². The lowest BCUT2D eigenvalue weighted by Crippen LogP contribution is -2.42. The maximum absolute atomic E-state index is 13.7. The lowest BCUT2D eigenvalue weighted by Gasteiger charge is -2.29. The van der Waals surface area contributed by atoms with Crippen LogP contribution in [0.3, 0.4) is 0 Å². The Labute approximate surface area is 140 Å². The predicted octanol–water partition coefficient (Wildman–Crippen LogP) is 0.379. The quantitative estimate of drug-likeness (QED) is 0.607. The fraction of sp³-hybridized carbons (Fsp3) is 0.643. The third kappa shape index (κ3) is 3.99. The molecule has 1 aromatic heterocycles. The Balaban J connectivity index is 1.89. The van der Waals surface area contributed by atoms with Gasteiger partial charge in [0.15, 0.2) is 0 Å². The molecule has 1 aliphatic rings. The van der Waals surface area contributed by atoms with Crippen molar-refractivity contribution in [3.8, 4) is 0 Å². The molecule has 0 saturated carbocycles. The van der Waals surface area contributed by atoms with Gasteiger partial charge in [0.05, 0.1) is 23.2 Å². The number of nitrogens with one attached hydrogen (secondary N) is 1. The van der Waals surface area contributed by atoms with Gasteiger partial charge >= 0.3 is 0 Å². The molecule has 0 aliphatic carbocycles. The summed E-state index contributed by atoms with van der Waals surface area (Å²) in [5.74, 6) is -1.06. The maximum atomic E-state index is 13.7. The van der Waals surface area contributed by atoms with Crippen molar-refractivity contribution in [3.63, 3.8) is 0 Å². The summed E-state index contributed by atoms with van der Waals surface area (Å²) in [6, 6.07) is 0. The predicted molar refractivity (Wildman–Crippen MR) is 87.4 cm³/mol. The number of amides is 1. The number of carbonyl (C=O) groups excluding carboxylic acids is 1. The molecule has 1 aromatic rings. The molecule has 2 heterocycles. The van der Waals surface area contributed by atoms with Gasteiger partial charge < -0.3 is 0 Å². The highest BCUT2D eigenvalue weighted by atomic mass is 32.2. The van der Waals surface area contributed by atoms with Crippen LogP contribution in [0.25, 0.3) is 0 Å². The number of hydrazone groups is 1. The summed E-state index contributed by atoms with van der Waals surface area (Å²) in [6.07, 6.45) is 2.12. The molecule has 1 aliphatic heterocycles. The Morgan fingerprint density at radius 1 is 1.46 bits per heavy atom. The number of piperidine rings is 1. The third-order valence-corrected chi connectivity index (χ3v) is 6.03. The van der Waals surface area contributed by atoms with E-state index in [1.54, 1.807) is 13.8 Å². The van der Waals surface area contributed by atoms with E-state index in [0.717, 1.165) is 4.68 Å². The van der Waals surface area contributed by atoms with E-state index in [0.29, 0.717) is 31.6 Å². The minimum Gasteiger partial charge on any atom is -0.273 e. The van der Waals surface area contributed by atoms with Crippen molar-refractivity contribution in [2.45, 2.75) is 26.7 Å². The van der Waals surface area contributed by atoms with Crippen LogP contribution in [0.1, 0.15) is 31.0 Å². The number of aryl methyl sites for hydroxylation is 2. The molecule has 0 unspecified atom stereocenters. The van der Waals surface area contributed by atoms with Gasteiger partial charge in [-0.1, -0.05) is 0 Å². The molecule has 0 radical (unpaired) electrons. The Hall–Kier alpha value is -1.81. The number of carbonyl (C=O) groups is 1. The minimum absolute atomic E-state index is 0.0597. The third-order valence-electron chi connectivity index (χ3n) is 4.15. The average Bonchev–Trinajstić information content (AvgIpc) is 2.81. The second-order valence-electron chi connectivity index (χ2n) is 5.72. The van der Waals surface area contributed by atoms with E-state index >= 15 is 0 Å². The summed E-state index contributed by atoms with van der Waals surface area (Å²) in [4.78, 5) is 12.1. The maximum Gasteiger partial charge on any atom is 0.243 e. The molecule has 0 spiro atoms. The second-order valence-corrected chi connectivity index (χ2v) is 7.98. The zero-order valence-corrected chi connectivity index (χ0v) is 14.8. The standard InChI is InChI=1S/C14H22FN5O3S/c1-4-24(22,23)20-7-5-11(6-8-20)14(21)17-16-9-12-10(2)18-19(3)13(12)15/h9,11H,4-8H2,1-3H3,(H,17,21). The smallest absolute Gasteiger partial charge is 0.243 e. The van der Waals surface area contributed by atoms with Gasteiger partial charge in [-0.2, -0.15) is 14.6 Å². The molecule has 24 heavy (non-hydrogen) atoms. The first-order valence-corrected chi connectivity index (χ1v) is 9.37. The summed E-state index contributed by atoms with van der Waals surface area (Å²) < 4.78 is 39.8. The highest BCUT2D eigenvalue weighted by molar-refractivity contribution is 7.89. The molecule has 2 rings (SSSR count). The zero-order valence-electron chi connectivity index (χ0n) is 14.0. The van der Waals surface area contributed by atoms with Gasteiger partial charge in [0.2, 0.25) is 21.9 Å². The van der Waals surface area contributed by atoms with E-state index in [4.69, 9.17) is 0 Å². The van der Waals surface area contributed by atoms with Crippen molar-refractivity contribution in [3.05, 3.63) is 17.2 Å². The van der Waals surface area contributed by atoms with Crippen molar-refractivity contribution in [2.24, 2.45) is 18.1 Å². The molecule has 0 bridgehead atoms. The average molecular weight is 359 g/mol. The first-order valence-electron chi connectivity index (χ1n) is 7.76. The Bertz CT molecular complexity index is 736. The lowest BCUT2D eigenvalue weighted by atomic mass is 9.98. The molecule has 134 valence electrons. The van der Waals surface area contributed by atoms with E-state index in [2.05, 4.69) is 15.6 Å². The van der Waals surface area contributed by atoms with Gasteiger partial charge in [0, 0.05) is 26.1 Å². The molecular weight excluding hydrogens is 337 g/mol. The van der Waals surface area contributed by atoms with E-state index < -0.39 is 16.0 Å². The largest absolute Gasteiger partial charge is 0.273 e. The molecule has 1 saturated heterocycles. The van der Waals surface area contributed by atoms with E-state index in [-0.39, 0.29) is 23.1 Å². The number of sulfonamides is 1. The molecule has 1 amide bonds. The van der Waals surface area contributed by atoms with Gasteiger partial charge in [-0.25, -0.2) is 22.8 Å². The van der Waals surface area contributed by atoms with Crippen LogP contribution in [-0.4, -0.2) is 53.5 Å². The number of halogens is 1. The van der Waals surface area contributed by atoms with Crippen molar-refractivity contribution < 1.29 is 17.6 Å². The minimum atomic E-state index is -3.21. The highest BCUT2D eigenvalue weighted by Crippen LogP contribution is 2.20. The van der Waals surface area contributed by atoms with Crippen LogP contribution in [0.5, 0.6) is 0 Å². The van der Waals surface area contributed by atoms with Crippen LogP contribution in [0.15, 0.2) is 5.10 Å². The van der Waals surface area contributed by atoms with Crippen LogP contribution < -0.4 is 5.43 Å². The second kappa shape index (κ2) is 7.39. The first kappa shape index (κ1) is 18.5. The number of nitrogens with zero attached hydrogens (tertiary/aromatic N) is 4. The highest BCUT2D eigenvalue weighted by Gasteiger charge is 2.30. The Morgan fingerprint density at radius 2 is 2.08 bits per heavy atom. The van der Waals surface area contributed by atoms with Crippen molar-refractivity contribution in [1.29, 1.82) is 0 Å². The summed E-state index contributed by atoms with van der Waals surface area (Å²) in [7, 11) is -1.73. The number of rotatable bonds is 5. The fourth-order valence-corrected chi connectivity index (χ4v) is 3.76. The van der Waals surface area contributed by atoms with E-state index in [1.165, 1.54) is 17.6 Å². The molecule has 10 heteroatoms. The topological polar surface area (TPSA) is 96.7 Å².